The Morgan fingerprint density at radius 3 is 2.95 bits per heavy atom. The molecular weight excluding hydrogens is 256 g/mol. The second kappa shape index (κ2) is 7.14. The number of carbonyl (C=O) groups excluding carboxylic acids is 1. The zero-order chi connectivity index (χ0) is 14.4. The quantitative estimate of drug-likeness (QED) is 0.852. The zero-order valence-electron chi connectivity index (χ0n) is 12.1. The molecule has 0 aliphatic carbocycles. The van der Waals surface area contributed by atoms with Crippen LogP contribution in [-0.2, 0) is 4.79 Å². The first-order valence-electron chi connectivity index (χ1n) is 6.96. The first-order valence-corrected chi connectivity index (χ1v) is 6.96. The molecule has 5 nitrogen and oxygen atoms in total. The minimum Gasteiger partial charge on any atom is -0.493 e. The van der Waals surface area contributed by atoms with Crippen molar-refractivity contribution < 1.29 is 14.3 Å². The van der Waals surface area contributed by atoms with Gasteiger partial charge in [-0.15, -0.1) is 0 Å². The van der Waals surface area contributed by atoms with E-state index in [-0.39, 0.29) is 12.5 Å². The van der Waals surface area contributed by atoms with Crippen LogP contribution in [0, 0.1) is 0 Å². The Kier molecular flexibility index (Phi) is 5.24. The average molecular weight is 278 g/mol. The average Bonchev–Trinajstić information content (AvgIpc) is 2.53. The third-order valence-corrected chi connectivity index (χ3v) is 3.59. The number of hydrogen-bond acceptors (Lipinski definition) is 4. The summed E-state index contributed by atoms with van der Waals surface area (Å²) in [6.45, 7) is 2.10. The Morgan fingerprint density at radius 1 is 1.45 bits per heavy atom. The molecule has 5 heteroatoms. The number of rotatable bonds is 5. The topological polar surface area (TPSA) is 59.6 Å². The Hall–Kier alpha value is -1.75. The highest BCUT2D eigenvalue weighted by molar-refractivity contribution is 5.77. The van der Waals surface area contributed by atoms with Crippen molar-refractivity contribution in [2.75, 3.05) is 33.9 Å². The molecule has 2 N–H and O–H groups in total. The monoisotopic (exact) mass is 278 g/mol. The maximum absolute atomic E-state index is 11.2. The molecule has 0 aromatic heterocycles. The minimum absolute atomic E-state index is 0.00279. The Bertz CT molecular complexity index is 456. The highest BCUT2D eigenvalue weighted by atomic mass is 16.5. The van der Waals surface area contributed by atoms with Crippen molar-refractivity contribution >= 4 is 5.91 Å². The number of amides is 1. The van der Waals surface area contributed by atoms with Gasteiger partial charge in [-0.1, -0.05) is 6.07 Å². The van der Waals surface area contributed by atoms with Crippen LogP contribution in [0.25, 0.3) is 0 Å². The first-order chi connectivity index (χ1) is 9.74. The van der Waals surface area contributed by atoms with E-state index in [1.165, 1.54) is 18.4 Å². The summed E-state index contributed by atoms with van der Waals surface area (Å²) in [4.78, 5) is 11.2. The van der Waals surface area contributed by atoms with Crippen LogP contribution in [-0.4, -0.2) is 39.8 Å². The van der Waals surface area contributed by atoms with E-state index >= 15 is 0 Å². The van der Waals surface area contributed by atoms with Gasteiger partial charge in [0.1, 0.15) is 0 Å². The van der Waals surface area contributed by atoms with E-state index < -0.39 is 0 Å². The summed E-state index contributed by atoms with van der Waals surface area (Å²) in [6, 6.07) is 5.95. The molecule has 1 atom stereocenters. The van der Waals surface area contributed by atoms with Gasteiger partial charge in [0.2, 0.25) is 0 Å². The lowest BCUT2D eigenvalue weighted by Gasteiger charge is -2.24. The molecule has 0 spiro atoms. The number of benzene rings is 1. The van der Waals surface area contributed by atoms with Crippen molar-refractivity contribution in [3.05, 3.63) is 23.8 Å². The molecule has 20 heavy (non-hydrogen) atoms. The number of methoxy groups -OCH3 is 1. The largest absolute Gasteiger partial charge is 0.493 e. The van der Waals surface area contributed by atoms with E-state index in [1.54, 1.807) is 14.2 Å². The Balaban J connectivity index is 2.08. The molecule has 110 valence electrons. The Morgan fingerprint density at radius 2 is 2.30 bits per heavy atom. The molecule has 1 amide bonds. The molecule has 1 aromatic rings. The molecule has 0 saturated carbocycles. The van der Waals surface area contributed by atoms with Crippen LogP contribution >= 0.6 is 0 Å². The van der Waals surface area contributed by atoms with E-state index in [0.717, 1.165) is 13.1 Å². The molecule has 0 radical (unpaired) electrons. The highest BCUT2D eigenvalue weighted by Crippen LogP contribution is 2.32. The van der Waals surface area contributed by atoms with E-state index in [9.17, 15) is 4.79 Å². The predicted octanol–water partition coefficient (Wildman–Crippen LogP) is 1.29. The van der Waals surface area contributed by atoms with Crippen LogP contribution in [0.4, 0.5) is 0 Å². The zero-order valence-corrected chi connectivity index (χ0v) is 12.1. The maximum Gasteiger partial charge on any atom is 0.257 e. The van der Waals surface area contributed by atoms with Crippen LogP contribution in [0.3, 0.4) is 0 Å². The van der Waals surface area contributed by atoms with Crippen LogP contribution in [0.5, 0.6) is 11.5 Å². The summed E-state index contributed by atoms with van der Waals surface area (Å²) in [5.41, 5.74) is 1.25. The SMILES string of the molecule is CNC(=O)COc1ccc(C2CCCNC2)cc1OC. The van der Waals surface area contributed by atoms with Crippen LogP contribution < -0.4 is 20.1 Å². The highest BCUT2D eigenvalue weighted by Gasteiger charge is 2.17. The predicted molar refractivity (Wildman–Crippen MR) is 77.4 cm³/mol. The van der Waals surface area contributed by atoms with Crippen LogP contribution in [0.15, 0.2) is 18.2 Å². The molecule has 1 unspecified atom stereocenters. The molecule has 0 bridgehead atoms. The third-order valence-electron chi connectivity index (χ3n) is 3.59. The first kappa shape index (κ1) is 14.7. The van der Waals surface area contributed by atoms with E-state index in [4.69, 9.17) is 9.47 Å². The molecular formula is C15H22N2O3. The van der Waals surface area contributed by atoms with Crippen molar-refractivity contribution in [2.24, 2.45) is 0 Å². The van der Waals surface area contributed by atoms with E-state index in [0.29, 0.717) is 17.4 Å². The Labute approximate surface area is 119 Å². The fraction of sp³-hybridized carbons (Fsp3) is 0.533. The molecule has 1 aliphatic rings. The van der Waals surface area contributed by atoms with Crippen molar-refractivity contribution in [3.8, 4) is 11.5 Å². The fourth-order valence-corrected chi connectivity index (χ4v) is 2.41. The van der Waals surface area contributed by atoms with Crippen LogP contribution in [0.1, 0.15) is 24.3 Å². The summed E-state index contributed by atoms with van der Waals surface area (Å²) < 4.78 is 10.8. The lowest BCUT2D eigenvalue weighted by molar-refractivity contribution is -0.122. The molecule has 1 aromatic carbocycles. The molecule has 1 aliphatic heterocycles. The maximum atomic E-state index is 11.2. The number of carbonyl (C=O) groups is 1. The van der Waals surface area contributed by atoms with Crippen molar-refractivity contribution in [2.45, 2.75) is 18.8 Å². The van der Waals surface area contributed by atoms with Gasteiger partial charge in [-0.25, -0.2) is 0 Å². The van der Waals surface area contributed by atoms with E-state index in [1.807, 2.05) is 12.1 Å². The lowest BCUT2D eigenvalue weighted by Crippen LogP contribution is -2.28. The fourth-order valence-electron chi connectivity index (χ4n) is 2.41. The van der Waals surface area contributed by atoms with Crippen molar-refractivity contribution in [1.29, 1.82) is 0 Å². The smallest absolute Gasteiger partial charge is 0.257 e. The van der Waals surface area contributed by atoms with Gasteiger partial charge in [-0.05, 0) is 43.0 Å². The van der Waals surface area contributed by atoms with Gasteiger partial charge >= 0.3 is 0 Å². The third kappa shape index (κ3) is 3.63. The summed E-state index contributed by atoms with van der Waals surface area (Å²) in [6.07, 6.45) is 2.39. The minimum atomic E-state index is -0.160. The summed E-state index contributed by atoms with van der Waals surface area (Å²) in [7, 11) is 3.20. The lowest BCUT2D eigenvalue weighted by atomic mass is 9.91. The second-order valence-electron chi connectivity index (χ2n) is 4.92. The second-order valence-corrected chi connectivity index (χ2v) is 4.92. The van der Waals surface area contributed by atoms with Gasteiger partial charge in [0.15, 0.2) is 18.1 Å². The van der Waals surface area contributed by atoms with Gasteiger partial charge < -0.3 is 20.1 Å². The number of nitrogens with one attached hydrogen (secondary N) is 2. The van der Waals surface area contributed by atoms with Gasteiger partial charge in [0.25, 0.3) is 5.91 Å². The summed E-state index contributed by atoms with van der Waals surface area (Å²) in [5, 5.41) is 5.93. The van der Waals surface area contributed by atoms with Gasteiger partial charge in [0, 0.05) is 13.6 Å². The molecule has 2 rings (SSSR count). The summed E-state index contributed by atoms with van der Waals surface area (Å²) in [5.74, 6) is 1.64. The number of hydrogen-bond donors (Lipinski definition) is 2. The van der Waals surface area contributed by atoms with Crippen LogP contribution in [0.2, 0.25) is 0 Å². The normalized spacial score (nSPS) is 18.4. The molecule has 1 saturated heterocycles. The number of ether oxygens (including phenoxy) is 2. The van der Waals surface area contributed by atoms with Gasteiger partial charge in [-0.2, -0.15) is 0 Å². The number of piperidine rings is 1. The molecule has 1 fully saturated rings. The van der Waals surface area contributed by atoms with E-state index in [2.05, 4.69) is 16.7 Å². The van der Waals surface area contributed by atoms with Crippen molar-refractivity contribution in [3.63, 3.8) is 0 Å². The summed E-state index contributed by atoms with van der Waals surface area (Å²) >= 11 is 0. The van der Waals surface area contributed by atoms with Gasteiger partial charge in [0.05, 0.1) is 7.11 Å². The van der Waals surface area contributed by atoms with Gasteiger partial charge in [-0.3, -0.25) is 4.79 Å². The van der Waals surface area contributed by atoms with Crippen molar-refractivity contribution in [1.82, 2.24) is 10.6 Å². The number of likely N-dealkylation sites (N-methyl/N-ethyl adjacent to an activating group) is 1. The molecule has 1 heterocycles. The standard InChI is InChI=1S/C15H22N2O3/c1-16-15(18)10-20-13-6-5-11(8-14(13)19-2)12-4-3-7-17-9-12/h5-6,8,12,17H,3-4,7,9-10H2,1-2H3,(H,16,18).